The summed E-state index contributed by atoms with van der Waals surface area (Å²) in [6.45, 7) is 3.66. The van der Waals surface area contributed by atoms with Gasteiger partial charge in [0.15, 0.2) is 0 Å². The number of aliphatic hydroxyl groups is 1. The summed E-state index contributed by atoms with van der Waals surface area (Å²) in [5, 5.41) is 12.4. The Kier molecular flexibility index (Phi) is 4.25. The van der Waals surface area contributed by atoms with E-state index in [0.29, 0.717) is 16.0 Å². The molecule has 0 aliphatic heterocycles. The number of hydrogen-bond donors (Lipinski definition) is 3. The van der Waals surface area contributed by atoms with Gasteiger partial charge in [0, 0.05) is 22.7 Å². The fourth-order valence-corrected chi connectivity index (χ4v) is 2.84. The molecule has 6 heteroatoms. The van der Waals surface area contributed by atoms with Crippen LogP contribution in [0.1, 0.15) is 23.5 Å². The number of amides is 1. The summed E-state index contributed by atoms with van der Waals surface area (Å²) >= 11 is 1.24. The summed E-state index contributed by atoms with van der Waals surface area (Å²) in [7, 11) is 0. The van der Waals surface area contributed by atoms with Crippen LogP contribution in [0.3, 0.4) is 0 Å². The van der Waals surface area contributed by atoms with Crippen molar-refractivity contribution in [2.24, 2.45) is 5.92 Å². The highest BCUT2D eigenvalue weighted by atomic mass is 32.1. The zero-order chi connectivity index (χ0) is 14.9. The van der Waals surface area contributed by atoms with Gasteiger partial charge in [-0.05, 0) is 31.0 Å². The molecule has 1 aromatic heterocycles. The lowest BCUT2D eigenvalue weighted by Gasteiger charge is -2.18. The molecule has 0 bridgehead atoms. The lowest BCUT2D eigenvalue weighted by molar-refractivity contribution is 0.0921. The fourth-order valence-electron chi connectivity index (χ4n) is 1.83. The van der Waals surface area contributed by atoms with Crippen molar-refractivity contribution in [3.05, 3.63) is 28.9 Å². The molecular weight excluding hydrogens is 279 g/mol. The summed E-state index contributed by atoms with van der Waals surface area (Å²) < 4.78 is 14.0. The highest BCUT2D eigenvalue weighted by Crippen LogP contribution is 2.34. The van der Waals surface area contributed by atoms with Crippen LogP contribution in [0.25, 0.3) is 10.1 Å². The largest absolute Gasteiger partial charge is 0.397 e. The first-order valence-corrected chi connectivity index (χ1v) is 7.15. The molecule has 108 valence electrons. The minimum Gasteiger partial charge on any atom is -0.397 e. The second-order valence-corrected chi connectivity index (χ2v) is 5.96. The number of nitrogens with one attached hydrogen (secondary N) is 1. The van der Waals surface area contributed by atoms with Crippen LogP contribution in [-0.2, 0) is 0 Å². The number of anilines is 1. The number of carbonyl (C=O) groups excluding carboxylic acids is 1. The van der Waals surface area contributed by atoms with Gasteiger partial charge in [0.05, 0.1) is 5.69 Å². The van der Waals surface area contributed by atoms with Gasteiger partial charge in [-0.3, -0.25) is 4.79 Å². The maximum Gasteiger partial charge on any atom is 0.263 e. The van der Waals surface area contributed by atoms with Crippen molar-refractivity contribution in [2.45, 2.75) is 19.9 Å². The van der Waals surface area contributed by atoms with Crippen molar-refractivity contribution in [3.8, 4) is 0 Å². The van der Waals surface area contributed by atoms with Gasteiger partial charge in [-0.1, -0.05) is 6.92 Å². The number of fused-ring (bicyclic) bond motifs is 1. The smallest absolute Gasteiger partial charge is 0.263 e. The third-order valence-electron chi connectivity index (χ3n) is 3.39. The van der Waals surface area contributed by atoms with Crippen LogP contribution >= 0.6 is 11.3 Å². The van der Waals surface area contributed by atoms with E-state index in [-0.39, 0.29) is 30.3 Å². The SMILES string of the molecule is CC(CO)C(C)NC(=O)c1sc2ccc(F)cc2c1N. The Morgan fingerprint density at radius 3 is 2.85 bits per heavy atom. The highest BCUT2D eigenvalue weighted by Gasteiger charge is 2.20. The number of aliphatic hydroxyl groups excluding tert-OH is 1. The first kappa shape index (κ1) is 14.7. The number of thiophene rings is 1. The van der Waals surface area contributed by atoms with E-state index in [1.807, 2.05) is 13.8 Å². The van der Waals surface area contributed by atoms with Crippen molar-refractivity contribution in [1.82, 2.24) is 5.32 Å². The van der Waals surface area contributed by atoms with Gasteiger partial charge in [-0.25, -0.2) is 4.39 Å². The molecule has 2 unspecified atom stereocenters. The Morgan fingerprint density at radius 1 is 1.50 bits per heavy atom. The molecule has 2 aromatic rings. The molecule has 4 N–H and O–H groups in total. The van der Waals surface area contributed by atoms with Crippen molar-refractivity contribution < 1.29 is 14.3 Å². The Hall–Kier alpha value is -1.66. The van der Waals surface area contributed by atoms with Crippen LogP contribution in [0.15, 0.2) is 18.2 Å². The van der Waals surface area contributed by atoms with Gasteiger partial charge in [-0.2, -0.15) is 0 Å². The first-order valence-electron chi connectivity index (χ1n) is 6.33. The highest BCUT2D eigenvalue weighted by molar-refractivity contribution is 7.21. The van der Waals surface area contributed by atoms with Crippen molar-refractivity contribution in [2.75, 3.05) is 12.3 Å². The number of benzene rings is 1. The number of halogens is 1. The van der Waals surface area contributed by atoms with Crippen molar-refractivity contribution in [1.29, 1.82) is 0 Å². The predicted octanol–water partition coefficient (Wildman–Crippen LogP) is 2.37. The van der Waals surface area contributed by atoms with Crippen LogP contribution in [-0.4, -0.2) is 23.7 Å². The Bertz CT molecular complexity index is 641. The number of nitrogen functional groups attached to an aromatic ring is 1. The molecule has 1 heterocycles. The average Bonchev–Trinajstić information content (AvgIpc) is 2.75. The summed E-state index contributed by atoms with van der Waals surface area (Å²) in [6, 6.07) is 4.12. The maximum absolute atomic E-state index is 13.2. The number of nitrogens with two attached hydrogens (primary N) is 1. The standard InChI is InChI=1S/C14H17FN2O2S/c1-7(6-18)8(2)17-14(19)13-12(16)10-5-9(15)3-4-11(10)20-13/h3-5,7-8,18H,6,16H2,1-2H3,(H,17,19). The Balaban J connectivity index is 2.29. The third-order valence-corrected chi connectivity index (χ3v) is 4.58. The van der Waals surface area contributed by atoms with E-state index in [1.54, 1.807) is 6.07 Å². The minimum absolute atomic E-state index is 0.00540. The molecule has 4 nitrogen and oxygen atoms in total. The van der Waals surface area contributed by atoms with Gasteiger partial charge < -0.3 is 16.2 Å². The minimum atomic E-state index is -0.378. The monoisotopic (exact) mass is 296 g/mol. The average molecular weight is 296 g/mol. The molecule has 0 saturated carbocycles. The molecule has 0 aliphatic carbocycles. The van der Waals surface area contributed by atoms with Crippen molar-refractivity contribution in [3.63, 3.8) is 0 Å². The second-order valence-electron chi connectivity index (χ2n) is 4.91. The van der Waals surface area contributed by atoms with Gasteiger partial charge in [0.1, 0.15) is 10.7 Å². The normalized spacial score (nSPS) is 14.2. The predicted molar refractivity (Wildman–Crippen MR) is 79.4 cm³/mol. The number of rotatable bonds is 4. The summed E-state index contributed by atoms with van der Waals surface area (Å²) in [6.07, 6.45) is 0. The third kappa shape index (κ3) is 2.76. The van der Waals surface area contributed by atoms with Gasteiger partial charge in [0.2, 0.25) is 0 Å². The summed E-state index contributed by atoms with van der Waals surface area (Å²) in [4.78, 5) is 12.6. The molecule has 2 rings (SSSR count). The fraction of sp³-hybridized carbons (Fsp3) is 0.357. The lowest BCUT2D eigenvalue weighted by atomic mass is 10.1. The molecular formula is C14H17FN2O2S. The molecule has 20 heavy (non-hydrogen) atoms. The molecule has 0 aliphatic rings. The quantitative estimate of drug-likeness (QED) is 0.811. The van der Waals surface area contributed by atoms with Gasteiger partial charge >= 0.3 is 0 Å². The molecule has 2 atom stereocenters. The van der Waals surface area contributed by atoms with Crippen LogP contribution in [0.4, 0.5) is 10.1 Å². The zero-order valence-electron chi connectivity index (χ0n) is 11.3. The molecule has 0 spiro atoms. The number of hydrogen-bond acceptors (Lipinski definition) is 4. The van der Waals surface area contributed by atoms with E-state index in [0.717, 1.165) is 4.70 Å². The zero-order valence-corrected chi connectivity index (χ0v) is 12.1. The van der Waals surface area contributed by atoms with E-state index in [4.69, 9.17) is 10.8 Å². The summed E-state index contributed by atoms with van der Waals surface area (Å²) in [5.41, 5.74) is 6.22. The van der Waals surface area contributed by atoms with Crippen LogP contribution < -0.4 is 11.1 Å². The van der Waals surface area contributed by atoms with E-state index < -0.39 is 0 Å². The molecule has 0 saturated heterocycles. The van der Waals surface area contributed by atoms with E-state index in [9.17, 15) is 9.18 Å². The Labute approximate surface area is 120 Å². The van der Waals surface area contributed by atoms with Crippen molar-refractivity contribution >= 4 is 33.0 Å². The maximum atomic E-state index is 13.2. The molecule has 1 amide bonds. The molecule has 0 radical (unpaired) electrons. The van der Waals surface area contributed by atoms with Crippen LogP contribution in [0.5, 0.6) is 0 Å². The van der Waals surface area contributed by atoms with E-state index >= 15 is 0 Å². The van der Waals surface area contributed by atoms with Gasteiger partial charge in [0.25, 0.3) is 5.91 Å². The van der Waals surface area contributed by atoms with Crippen LogP contribution in [0.2, 0.25) is 0 Å². The van der Waals surface area contributed by atoms with E-state index in [1.165, 1.54) is 23.5 Å². The second kappa shape index (κ2) is 5.76. The molecule has 0 fully saturated rings. The lowest BCUT2D eigenvalue weighted by Crippen LogP contribution is -2.38. The van der Waals surface area contributed by atoms with Gasteiger partial charge in [-0.15, -0.1) is 11.3 Å². The first-order chi connectivity index (χ1) is 9.43. The Morgan fingerprint density at radius 2 is 2.20 bits per heavy atom. The van der Waals surface area contributed by atoms with E-state index in [2.05, 4.69) is 5.32 Å². The summed E-state index contributed by atoms with van der Waals surface area (Å²) in [5.74, 6) is -0.722. The topological polar surface area (TPSA) is 75.3 Å². The molecule has 1 aromatic carbocycles. The van der Waals surface area contributed by atoms with Crippen LogP contribution in [0, 0.1) is 11.7 Å². The number of carbonyl (C=O) groups is 1.